The molecule has 0 unspecified atom stereocenters. The van der Waals surface area contributed by atoms with Crippen molar-refractivity contribution in [3.8, 4) is 23.0 Å². The molecule has 8 heteroatoms. The Balaban J connectivity index is 1.65. The minimum atomic E-state index is -2.52. The number of nitriles is 1. The molecule has 3 aromatic carbocycles. The van der Waals surface area contributed by atoms with Crippen molar-refractivity contribution in [1.29, 1.82) is 5.26 Å². The molecule has 4 aromatic rings. The van der Waals surface area contributed by atoms with Crippen LogP contribution in [0.5, 0.6) is 0 Å². The van der Waals surface area contributed by atoms with E-state index < -0.39 is 11.7 Å². The molecule has 0 aliphatic rings. The number of carbonyl (C=O) groups excluding carboxylic acids is 1. The van der Waals surface area contributed by atoms with Crippen molar-refractivity contribution in [2.75, 3.05) is 5.32 Å². The molecular weight excluding hydrogens is 454 g/mol. The van der Waals surface area contributed by atoms with Crippen LogP contribution in [0.2, 0.25) is 0 Å². The van der Waals surface area contributed by atoms with Crippen LogP contribution in [0.1, 0.15) is 5.56 Å². The molecule has 0 fully saturated rings. The number of benzene rings is 3. The molecule has 4 rings (SSSR count). The fraction of sp³-hybridized carbons (Fsp3) is 0.0385. The van der Waals surface area contributed by atoms with E-state index in [1.165, 1.54) is 30.3 Å². The highest BCUT2D eigenvalue weighted by atomic mass is 32.2. The van der Waals surface area contributed by atoms with E-state index in [9.17, 15) is 18.8 Å². The molecule has 1 N–H and O–H groups in total. The first kappa shape index (κ1) is 23.0. The fourth-order valence-electron chi connectivity index (χ4n) is 3.25. The molecule has 5 nitrogen and oxygen atoms in total. The number of aromatic nitrogens is 2. The number of nitrogens with one attached hydrogen (secondary N) is 1. The van der Waals surface area contributed by atoms with Crippen molar-refractivity contribution < 1.29 is 13.6 Å². The number of rotatable bonds is 7. The molecule has 0 aliphatic heterocycles. The number of hydrogen-bond acceptors (Lipinski definition) is 4. The summed E-state index contributed by atoms with van der Waals surface area (Å²) in [4.78, 5) is 13.2. The van der Waals surface area contributed by atoms with E-state index in [0.29, 0.717) is 33.6 Å². The molecular formula is C26H18F2N4OS. The summed E-state index contributed by atoms with van der Waals surface area (Å²) in [5.74, 6) is -3.13. The van der Waals surface area contributed by atoms with Gasteiger partial charge in [0.05, 0.1) is 11.4 Å². The van der Waals surface area contributed by atoms with E-state index in [4.69, 9.17) is 0 Å². The lowest BCUT2D eigenvalue weighted by Crippen LogP contribution is -2.13. The van der Waals surface area contributed by atoms with Gasteiger partial charge in [-0.3, -0.25) is 4.79 Å². The van der Waals surface area contributed by atoms with E-state index in [-0.39, 0.29) is 5.57 Å². The Morgan fingerprint density at radius 3 is 2.26 bits per heavy atom. The minimum Gasteiger partial charge on any atom is -0.321 e. The number of thioether (sulfide) groups is 1. The highest BCUT2D eigenvalue weighted by Gasteiger charge is 2.15. The Morgan fingerprint density at radius 2 is 1.65 bits per heavy atom. The number of hydrogen-bond donors (Lipinski definition) is 1. The van der Waals surface area contributed by atoms with Gasteiger partial charge in [0, 0.05) is 27.9 Å². The second-order valence-electron chi connectivity index (χ2n) is 7.11. The molecule has 0 saturated carbocycles. The number of para-hydroxylation sites is 1. The lowest BCUT2D eigenvalue weighted by atomic mass is 10.1. The predicted octanol–water partition coefficient (Wildman–Crippen LogP) is 6.40. The van der Waals surface area contributed by atoms with Gasteiger partial charge in [0.25, 0.3) is 11.7 Å². The van der Waals surface area contributed by atoms with Gasteiger partial charge in [0.2, 0.25) is 0 Å². The van der Waals surface area contributed by atoms with Crippen molar-refractivity contribution in [3.05, 3.63) is 102 Å². The van der Waals surface area contributed by atoms with E-state index >= 15 is 0 Å². The molecule has 0 spiro atoms. The van der Waals surface area contributed by atoms with Crippen LogP contribution in [0.15, 0.2) is 102 Å². The molecule has 1 heterocycles. The Kier molecular flexibility index (Phi) is 7.16. The van der Waals surface area contributed by atoms with Crippen LogP contribution in [-0.4, -0.2) is 21.4 Å². The van der Waals surface area contributed by atoms with Crippen LogP contribution < -0.4 is 5.32 Å². The van der Waals surface area contributed by atoms with Crippen molar-refractivity contribution >= 4 is 29.4 Å². The summed E-state index contributed by atoms with van der Waals surface area (Å²) in [6, 6.07) is 26.9. The van der Waals surface area contributed by atoms with Gasteiger partial charge in [0.15, 0.2) is 0 Å². The third-order valence-corrected chi connectivity index (χ3v) is 5.54. The molecule has 0 atom stereocenters. The van der Waals surface area contributed by atoms with Crippen molar-refractivity contribution in [2.45, 2.75) is 10.7 Å². The summed E-state index contributed by atoms with van der Waals surface area (Å²) >= 11 is 0.420. The van der Waals surface area contributed by atoms with Gasteiger partial charge in [0.1, 0.15) is 11.6 Å². The molecule has 0 saturated heterocycles. The van der Waals surface area contributed by atoms with Crippen molar-refractivity contribution in [3.63, 3.8) is 0 Å². The van der Waals surface area contributed by atoms with Crippen LogP contribution >= 0.6 is 11.8 Å². The maximum absolute atomic E-state index is 12.8. The minimum absolute atomic E-state index is 0.115. The monoisotopic (exact) mass is 472 g/mol. The third kappa shape index (κ3) is 5.57. The van der Waals surface area contributed by atoms with Crippen molar-refractivity contribution in [1.82, 2.24) is 9.78 Å². The van der Waals surface area contributed by atoms with E-state index in [1.54, 1.807) is 10.9 Å². The summed E-state index contributed by atoms with van der Waals surface area (Å²) in [6.07, 6.45) is 3.25. The predicted molar refractivity (Wildman–Crippen MR) is 130 cm³/mol. The Bertz CT molecular complexity index is 1350. The summed E-state index contributed by atoms with van der Waals surface area (Å²) < 4.78 is 26.7. The lowest BCUT2D eigenvalue weighted by Gasteiger charge is -2.06. The van der Waals surface area contributed by atoms with E-state index in [0.717, 1.165) is 11.3 Å². The van der Waals surface area contributed by atoms with Gasteiger partial charge in [-0.2, -0.15) is 19.1 Å². The van der Waals surface area contributed by atoms with Crippen LogP contribution in [0.3, 0.4) is 0 Å². The second-order valence-corrected chi connectivity index (χ2v) is 8.17. The second kappa shape index (κ2) is 10.6. The van der Waals surface area contributed by atoms with Crippen LogP contribution in [0, 0.1) is 11.3 Å². The first-order chi connectivity index (χ1) is 16.5. The van der Waals surface area contributed by atoms with Gasteiger partial charge < -0.3 is 5.32 Å². The average Bonchev–Trinajstić information content (AvgIpc) is 3.28. The van der Waals surface area contributed by atoms with Crippen LogP contribution in [0.4, 0.5) is 14.5 Å². The molecule has 34 heavy (non-hydrogen) atoms. The first-order valence-electron chi connectivity index (χ1n) is 10.2. The average molecular weight is 473 g/mol. The van der Waals surface area contributed by atoms with Gasteiger partial charge in [-0.25, -0.2) is 4.68 Å². The lowest BCUT2D eigenvalue weighted by molar-refractivity contribution is -0.112. The largest absolute Gasteiger partial charge is 0.321 e. The zero-order chi connectivity index (χ0) is 23.9. The highest BCUT2D eigenvalue weighted by Crippen LogP contribution is 2.27. The maximum Gasteiger partial charge on any atom is 0.288 e. The molecule has 0 bridgehead atoms. The zero-order valence-corrected chi connectivity index (χ0v) is 18.5. The van der Waals surface area contributed by atoms with Gasteiger partial charge in [-0.05, 0) is 42.5 Å². The molecule has 0 radical (unpaired) electrons. The van der Waals surface area contributed by atoms with Gasteiger partial charge in [-0.1, -0.05) is 60.3 Å². The summed E-state index contributed by atoms with van der Waals surface area (Å²) in [5, 5.41) is 17.0. The van der Waals surface area contributed by atoms with Gasteiger partial charge in [-0.15, -0.1) is 0 Å². The summed E-state index contributed by atoms with van der Waals surface area (Å²) in [6.45, 7) is 0. The Morgan fingerprint density at radius 1 is 1.00 bits per heavy atom. The highest BCUT2D eigenvalue weighted by molar-refractivity contribution is 7.99. The summed E-state index contributed by atoms with van der Waals surface area (Å²) in [5.41, 5.74) is 3.19. The number of carbonyl (C=O) groups is 1. The maximum atomic E-state index is 12.8. The van der Waals surface area contributed by atoms with E-state index in [1.807, 2.05) is 66.7 Å². The molecule has 168 valence electrons. The topological polar surface area (TPSA) is 70.7 Å². The molecule has 0 aliphatic carbocycles. The zero-order valence-electron chi connectivity index (χ0n) is 17.7. The number of alkyl halides is 2. The molecule has 1 amide bonds. The molecule has 1 aromatic heterocycles. The Hall–Kier alpha value is -4.22. The fourth-order valence-corrected chi connectivity index (χ4v) is 3.75. The summed E-state index contributed by atoms with van der Waals surface area (Å²) in [7, 11) is 0. The van der Waals surface area contributed by atoms with Crippen molar-refractivity contribution in [2.24, 2.45) is 0 Å². The quantitative estimate of drug-likeness (QED) is 0.192. The van der Waals surface area contributed by atoms with E-state index in [2.05, 4.69) is 10.4 Å². The normalized spacial score (nSPS) is 11.3. The first-order valence-corrected chi connectivity index (χ1v) is 11.1. The number of nitrogens with zero attached hydrogens (tertiary/aromatic N) is 3. The van der Waals surface area contributed by atoms with Gasteiger partial charge >= 0.3 is 0 Å². The standard InChI is InChI=1S/C26H18F2N4OS/c27-26(28)34-23-13-11-21(12-14-23)30-25(33)19(16-29)15-20-17-32(22-9-5-2-6-10-22)31-24(20)18-7-3-1-4-8-18/h1-15,17,26H,(H,30,33). The number of amides is 1. The third-order valence-electron chi connectivity index (χ3n) is 4.81. The SMILES string of the molecule is N#CC(=Cc1cn(-c2ccccc2)nc1-c1ccccc1)C(=O)Nc1ccc(SC(F)F)cc1. The smallest absolute Gasteiger partial charge is 0.288 e. The Labute approximate surface area is 199 Å². The number of anilines is 1. The number of halogens is 2. The van der Waals surface area contributed by atoms with Crippen LogP contribution in [-0.2, 0) is 4.79 Å². The van der Waals surface area contributed by atoms with Crippen LogP contribution in [0.25, 0.3) is 23.0 Å².